The van der Waals surface area contributed by atoms with Gasteiger partial charge in [0.15, 0.2) is 0 Å². The van der Waals surface area contributed by atoms with Crippen molar-refractivity contribution in [2.24, 2.45) is 0 Å². The molecule has 2 N–H and O–H groups in total. The van der Waals surface area contributed by atoms with Gasteiger partial charge in [-0.25, -0.2) is 9.97 Å². The highest BCUT2D eigenvalue weighted by molar-refractivity contribution is 6.03. The van der Waals surface area contributed by atoms with E-state index >= 15 is 0 Å². The number of carbonyl (C=O) groups excluding carboxylic acids is 1. The molecule has 0 unspecified atom stereocenters. The van der Waals surface area contributed by atoms with E-state index in [1.807, 2.05) is 0 Å². The molecular weight excluding hydrogens is 360 g/mol. The Morgan fingerprint density at radius 3 is 2.25 bits per heavy atom. The number of anilines is 3. The molecule has 1 heterocycles. The van der Waals surface area contributed by atoms with Gasteiger partial charge in [-0.3, -0.25) is 4.79 Å². The number of hydrogen-bond acceptors (Lipinski definition) is 7. The Kier molecular flexibility index (Phi) is 5.91. The lowest BCUT2D eigenvalue weighted by Gasteiger charge is -2.12. The molecule has 0 spiro atoms. The highest BCUT2D eigenvalue weighted by atomic mass is 16.5. The molecule has 0 saturated carbocycles. The molecule has 1 amide bonds. The fraction of sp³-hybridized carbons (Fsp3) is 0.150. The molecule has 0 aliphatic carbocycles. The topological polar surface area (TPSA) is 94.6 Å². The Hall–Kier alpha value is -3.81. The zero-order chi connectivity index (χ0) is 19.9. The fourth-order valence-corrected chi connectivity index (χ4v) is 2.46. The first-order valence-electron chi connectivity index (χ1n) is 8.39. The van der Waals surface area contributed by atoms with Crippen LogP contribution < -0.4 is 24.8 Å². The maximum absolute atomic E-state index is 12.5. The van der Waals surface area contributed by atoms with Crippen molar-refractivity contribution in [3.8, 4) is 17.2 Å². The molecule has 2 aromatic carbocycles. The average molecular weight is 380 g/mol. The van der Waals surface area contributed by atoms with Crippen LogP contribution in [0.1, 0.15) is 10.5 Å². The van der Waals surface area contributed by atoms with E-state index in [0.717, 1.165) is 0 Å². The first kappa shape index (κ1) is 19.0. The van der Waals surface area contributed by atoms with E-state index in [-0.39, 0.29) is 11.6 Å². The molecule has 0 aliphatic rings. The van der Waals surface area contributed by atoms with Crippen LogP contribution in [0, 0.1) is 0 Å². The van der Waals surface area contributed by atoms with Gasteiger partial charge in [-0.05, 0) is 36.4 Å². The summed E-state index contributed by atoms with van der Waals surface area (Å²) in [5, 5.41) is 5.91. The van der Waals surface area contributed by atoms with Gasteiger partial charge < -0.3 is 24.8 Å². The van der Waals surface area contributed by atoms with Crippen LogP contribution >= 0.6 is 0 Å². The third-order valence-electron chi connectivity index (χ3n) is 3.92. The Balaban J connectivity index is 1.75. The largest absolute Gasteiger partial charge is 0.497 e. The summed E-state index contributed by atoms with van der Waals surface area (Å²) in [6.07, 6.45) is 1.32. The van der Waals surface area contributed by atoms with E-state index < -0.39 is 0 Å². The van der Waals surface area contributed by atoms with E-state index in [0.29, 0.717) is 34.4 Å². The van der Waals surface area contributed by atoms with Crippen molar-refractivity contribution in [2.75, 3.05) is 32.0 Å². The van der Waals surface area contributed by atoms with Gasteiger partial charge in [0, 0.05) is 17.8 Å². The summed E-state index contributed by atoms with van der Waals surface area (Å²) in [6, 6.07) is 13.9. The maximum Gasteiger partial charge on any atom is 0.274 e. The minimum Gasteiger partial charge on any atom is -0.497 e. The third-order valence-corrected chi connectivity index (χ3v) is 3.92. The van der Waals surface area contributed by atoms with Crippen molar-refractivity contribution in [2.45, 2.75) is 0 Å². The van der Waals surface area contributed by atoms with Crippen molar-refractivity contribution < 1.29 is 19.0 Å². The SMILES string of the molecule is COc1ccc(NC(=O)c2cc(Nc3ccc(OC)cc3OC)ncn2)cc1. The van der Waals surface area contributed by atoms with E-state index in [9.17, 15) is 4.79 Å². The van der Waals surface area contributed by atoms with Gasteiger partial charge in [0.2, 0.25) is 0 Å². The van der Waals surface area contributed by atoms with Gasteiger partial charge in [0.05, 0.1) is 27.0 Å². The lowest BCUT2D eigenvalue weighted by Crippen LogP contribution is -2.14. The number of carbonyl (C=O) groups is 1. The Morgan fingerprint density at radius 1 is 0.857 bits per heavy atom. The molecule has 0 aliphatic heterocycles. The van der Waals surface area contributed by atoms with Crippen molar-refractivity contribution in [1.29, 1.82) is 0 Å². The summed E-state index contributed by atoms with van der Waals surface area (Å²) in [5.74, 6) is 2.07. The number of hydrogen-bond donors (Lipinski definition) is 2. The normalized spacial score (nSPS) is 10.1. The monoisotopic (exact) mass is 380 g/mol. The van der Waals surface area contributed by atoms with Crippen LogP contribution in [0.5, 0.6) is 17.2 Å². The van der Waals surface area contributed by atoms with Crippen LogP contribution in [-0.2, 0) is 0 Å². The Bertz CT molecular complexity index is 961. The lowest BCUT2D eigenvalue weighted by molar-refractivity contribution is 0.102. The number of rotatable bonds is 7. The van der Waals surface area contributed by atoms with Gasteiger partial charge in [0.25, 0.3) is 5.91 Å². The molecule has 0 bridgehead atoms. The van der Waals surface area contributed by atoms with Crippen molar-refractivity contribution in [3.63, 3.8) is 0 Å². The first-order chi connectivity index (χ1) is 13.6. The van der Waals surface area contributed by atoms with Crippen LogP contribution in [0.15, 0.2) is 54.9 Å². The van der Waals surface area contributed by atoms with Crippen LogP contribution in [0.4, 0.5) is 17.2 Å². The van der Waals surface area contributed by atoms with E-state index in [4.69, 9.17) is 14.2 Å². The number of nitrogens with one attached hydrogen (secondary N) is 2. The van der Waals surface area contributed by atoms with Crippen LogP contribution in [0.25, 0.3) is 0 Å². The van der Waals surface area contributed by atoms with Gasteiger partial charge >= 0.3 is 0 Å². The molecule has 8 nitrogen and oxygen atoms in total. The van der Waals surface area contributed by atoms with E-state index in [1.165, 1.54) is 6.33 Å². The second-order valence-corrected chi connectivity index (χ2v) is 5.66. The van der Waals surface area contributed by atoms with Crippen molar-refractivity contribution in [1.82, 2.24) is 9.97 Å². The number of ether oxygens (including phenoxy) is 3. The van der Waals surface area contributed by atoms with Gasteiger partial charge in [0.1, 0.15) is 35.1 Å². The minimum absolute atomic E-state index is 0.223. The Labute approximate surface area is 162 Å². The average Bonchev–Trinajstić information content (AvgIpc) is 2.74. The number of nitrogens with zero attached hydrogens (tertiary/aromatic N) is 2. The summed E-state index contributed by atoms with van der Waals surface area (Å²) in [5.41, 5.74) is 1.54. The summed E-state index contributed by atoms with van der Waals surface area (Å²) in [4.78, 5) is 20.7. The molecule has 0 radical (unpaired) electrons. The number of benzene rings is 2. The van der Waals surface area contributed by atoms with E-state index in [2.05, 4.69) is 20.6 Å². The summed E-state index contributed by atoms with van der Waals surface area (Å²) < 4.78 is 15.7. The highest BCUT2D eigenvalue weighted by Crippen LogP contribution is 2.31. The second-order valence-electron chi connectivity index (χ2n) is 5.66. The van der Waals surface area contributed by atoms with Crippen molar-refractivity contribution >= 4 is 23.1 Å². The molecule has 0 saturated heterocycles. The summed E-state index contributed by atoms with van der Waals surface area (Å²) >= 11 is 0. The summed E-state index contributed by atoms with van der Waals surface area (Å²) in [6.45, 7) is 0. The molecule has 3 aromatic rings. The zero-order valence-corrected chi connectivity index (χ0v) is 15.7. The predicted octanol–water partition coefficient (Wildman–Crippen LogP) is 3.50. The van der Waals surface area contributed by atoms with Gasteiger partial charge in [-0.15, -0.1) is 0 Å². The number of aromatic nitrogens is 2. The Morgan fingerprint density at radius 2 is 1.57 bits per heavy atom. The standard InChI is InChI=1S/C20H20N4O4/c1-26-14-6-4-13(5-7-14)23-20(25)17-11-19(22-12-21-17)24-16-9-8-15(27-2)10-18(16)28-3/h4-12H,1-3H3,(H,23,25)(H,21,22,24). The quantitative estimate of drug-likeness (QED) is 0.648. The molecule has 144 valence electrons. The maximum atomic E-state index is 12.5. The molecule has 0 atom stereocenters. The van der Waals surface area contributed by atoms with E-state index in [1.54, 1.807) is 69.9 Å². The summed E-state index contributed by atoms with van der Waals surface area (Å²) in [7, 11) is 4.73. The highest BCUT2D eigenvalue weighted by Gasteiger charge is 2.11. The molecule has 0 fully saturated rings. The number of amides is 1. The minimum atomic E-state index is -0.350. The molecular formula is C20H20N4O4. The first-order valence-corrected chi connectivity index (χ1v) is 8.39. The van der Waals surface area contributed by atoms with Gasteiger partial charge in [-0.1, -0.05) is 0 Å². The second kappa shape index (κ2) is 8.72. The van der Waals surface area contributed by atoms with Crippen LogP contribution in [0.3, 0.4) is 0 Å². The molecule has 1 aromatic heterocycles. The molecule has 3 rings (SSSR count). The van der Waals surface area contributed by atoms with Crippen LogP contribution in [0.2, 0.25) is 0 Å². The van der Waals surface area contributed by atoms with Crippen LogP contribution in [-0.4, -0.2) is 37.2 Å². The predicted molar refractivity (Wildman–Crippen MR) is 106 cm³/mol. The zero-order valence-electron chi connectivity index (χ0n) is 15.7. The fourth-order valence-electron chi connectivity index (χ4n) is 2.46. The molecule has 8 heteroatoms. The van der Waals surface area contributed by atoms with Gasteiger partial charge in [-0.2, -0.15) is 0 Å². The van der Waals surface area contributed by atoms with Crippen molar-refractivity contribution in [3.05, 3.63) is 60.6 Å². The molecule has 28 heavy (non-hydrogen) atoms. The lowest BCUT2D eigenvalue weighted by atomic mass is 10.2. The third kappa shape index (κ3) is 4.47. The number of methoxy groups -OCH3 is 3. The smallest absolute Gasteiger partial charge is 0.274 e.